The molecule has 1 aliphatic heterocycles. The van der Waals surface area contributed by atoms with E-state index in [0.29, 0.717) is 17.9 Å². The Labute approximate surface area is 238 Å². The van der Waals surface area contributed by atoms with Gasteiger partial charge < -0.3 is 14.6 Å². The second-order valence-electron chi connectivity index (χ2n) is 11.7. The maximum Gasteiger partial charge on any atom is 0.335 e. The van der Waals surface area contributed by atoms with Gasteiger partial charge in [0.1, 0.15) is 0 Å². The van der Waals surface area contributed by atoms with Crippen molar-refractivity contribution in [3.8, 4) is 0 Å². The number of rotatable bonds is 9. The molecule has 2 aliphatic rings. The van der Waals surface area contributed by atoms with Crippen molar-refractivity contribution in [2.75, 3.05) is 19.6 Å². The minimum Gasteiger partial charge on any atom is -0.478 e. The zero-order valence-electron chi connectivity index (χ0n) is 24.5. The van der Waals surface area contributed by atoms with Gasteiger partial charge in [0.25, 0.3) is 0 Å². The predicted octanol–water partition coefficient (Wildman–Crippen LogP) is 8.24. The molecule has 2 aromatic carbocycles. The fraction of sp³-hybridized carbons (Fsp3) is 0.486. The van der Waals surface area contributed by atoms with Gasteiger partial charge in [-0.15, -0.1) is 0 Å². The molecule has 212 valence electrons. The van der Waals surface area contributed by atoms with Crippen molar-refractivity contribution < 1.29 is 14.7 Å². The lowest BCUT2D eigenvalue weighted by Gasteiger charge is -2.30. The molecule has 0 amide bonds. The molecule has 1 aliphatic carbocycles. The lowest BCUT2D eigenvalue weighted by atomic mass is 9.75. The van der Waals surface area contributed by atoms with Gasteiger partial charge >= 0.3 is 5.97 Å². The standard InChI is InChI=1S/C35H44N2O3/c1-4-36(5-2)21-19-32(38)31-23-37-20-10-9-14-28(29-15-11-16-30(31)34(29)37)33(25-12-7-6-8-13-25)27-18-17-26(35(39)40)22-24(27)3/h11,15-18,22-23,25H,4-10,12-14,19-21H2,1-3H3,(H,39,40)/b33-28+. The highest BCUT2D eigenvalue weighted by Gasteiger charge is 2.28. The van der Waals surface area contributed by atoms with E-state index >= 15 is 0 Å². The van der Waals surface area contributed by atoms with Gasteiger partial charge in [-0.2, -0.15) is 0 Å². The van der Waals surface area contributed by atoms with E-state index in [0.717, 1.165) is 62.0 Å². The Bertz CT molecular complexity index is 1420. The largest absolute Gasteiger partial charge is 0.478 e. The molecule has 0 bridgehead atoms. The monoisotopic (exact) mass is 540 g/mol. The average Bonchev–Trinajstić information content (AvgIpc) is 3.33. The molecule has 5 heteroatoms. The third-order valence-electron chi connectivity index (χ3n) is 9.25. The fourth-order valence-electron chi connectivity index (χ4n) is 7.05. The first-order chi connectivity index (χ1) is 19.4. The molecule has 5 nitrogen and oxygen atoms in total. The van der Waals surface area contributed by atoms with Crippen molar-refractivity contribution in [1.29, 1.82) is 0 Å². The van der Waals surface area contributed by atoms with E-state index in [4.69, 9.17) is 0 Å². The van der Waals surface area contributed by atoms with E-state index in [9.17, 15) is 14.7 Å². The van der Waals surface area contributed by atoms with Crippen LogP contribution >= 0.6 is 0 Å². The van der Waals surface area contributed by atoms with E-state index < -0.39 is 5.97 Å². The van der Waals surface area contributed by atoms with Crippen molar-refractivity contribution in [3.05, 3.63) is 70.4 Å². The summed E-state index contributed by atoms with van der Waals surface area (Å²) in [4.78, 5) is 27.6. The number of benzene rings is 2. The van der Waals surface area contributed by atoms with E-state index in [1.165, 1.54) is 59.9 Å². The van der Waals surface area contributed by atoms with Crippen LogP contribution in [0.2, 0.25) is 0 Å². The Morgan fingerprint density at radius 3 is 2.45 bits per heavy atom. The number of Topliss-reactive ketones (excluding diaryl/α,β-unsaturated/α-hetero) is 1. The minimum atomic E-state index is -0.881. The number of carboxylic acid groups (broad SMARTS) is 1. The van der Waals surface area contributed by atoms with E-state index in [1.807, 2.05) is 6.07 Å². The molecule has 40 heavy (non-hydrogen) atoms. The normalized spacial score (nSPS) is 17.6. The van der Waals surface area contributed by atoms with Crippen LogP contribution in [0.25, 0.3) is 22.0 Å². The summed E-state index contributed by atoms with van der Waals surface area (Å²) in [6.07, 6.45) is 11.9. The fourth-order valence-corrected chi connectivity index (χ4v) is 7.05. The van der Waals surface area contributed by atoms with Gasteiger partial charge in [0, 0.05) is 42.2 Å². The van der Waals surface area contributed by atoms with E-state index in [2.05, 4.69) is 60.7 Å². The number of aromatic carboxylic acids is 1. The lowest BCUT2D eigenvalue weighted by Crippen LogP contribution is -2.25. The number of carbonyl (C=O) groups is 2. The van der Waals surface area contributed by atoms with Crippen molar-refractivity contribution in [2.24, 2.45) is 5.92 Å². The molecule has 1 saturated carbocycles. The number of carbonyl (C=O) groups excluding carboxylic acids is 1. The number of aryl methyl sites for hydroxylation is 2. The quantitative estimate of drug-likeness (QED) is 0.278. The number of allylic oxidation sites excluding steroid dienone is 2. The van der Waals surface area contributed by atoms with Gasteiger partial charge in [-0.1, -0.05) is 57.4 Å². The lowest BCUT2D eigenvalue weighted by molar-refractivity contribution is 0.0696. The molecule has 0 spiro atoms. The summed E-state index contributed by atoms with van der Waals surface area (Å²) in [7, 11) is 0. The second kappa shape index (κ2) is 12.6. The Kier molecular flexibility index (Phi) is 8.90. The first-order valence-corrected chi connectivity index (χ1v) is 15.4. The Balaban J connectivity index is 1.68. The van der Waals surface area contributed by atoms with E-state index in [-0.39, 0.29) is 5.78 Å². The molecule has 0 radical (unpaired) electrons. The zero-order chi connectivity index (χ0) is 28.2. The van der Waals surface area contributed by atoms with Crippen LogP contribution in [0, 0.1) is 12.8 Å². The van der Waals surface area contributed by atoms with Crippen molar-refractivity contribution in [3.63, 3.8) is 0 Å². The summed E-state index contributed by atoms with van der Waals surface area (Å²) in [6.45, 7) is 9.99. The number of hydrogen-bond acceptors (Lipinski definition) is 3. The number of para-hydroxylation sites is 1. The Morgan fingerprint density at radius 1 is 0.975 bits per heavy atom. The third-order valence-corrected chi connectivity index (χ3v) is 9.25. The summed E-state index contributed by atoms with van der Waals surface area (Å²) in [6, 6.07) is 12.2. The first kappa shape index (κ1) is 28.4. The average molecular weight is 541 g/mol. The molecular weight excluding hydrogens is 496 g/mol. The van der Waals surface area contributed by atoms with Gasteiger partial charge in [0.2, 0.25) is 0 Å². The van der Waals surface area contributed by atoms with Gasteiger partial charge in [0.05, 0.1) is 11.1 Å². The van der Waals surface area contributed by atoms with Crippen LogP contribution in [0.5, 0.6) is 0 Å². The molecule has 5 rings (SSSR count). The van der Waals surface area contributed by atoms with Gasteiger partial charge in [0.15, 0.2) is 5.78 Å². The SMILES string of the molecule is CCN(CC)CCC(=O)c1cn2c3c(cccc13)/C(=C(/c1ccc(C(=O)O)cc1C)C1CCCCC1)CCCC2. The Morgan fingerprint density at radius 2 is 1.75 bits per heavy atom. The van der Waals surface area contributed by atoms with Crippen LogP contribution < -0.4 is 0 Å². The predicted molar refractivity (Wildman–Crippen MR) is 164 cm³/mol. The van der Waals surface area contributed by atoms with Crippen molar-refractivity contribution in [2.45, 2.75) is 85.1 Å². The summed E-state index contributed by atoms with van der Waals surface area (Å²) >= 11 is 0. The van der Waals surface area contributed by atoms with Gasteiger partial charge in [-0.25, -0.2) is 4.79 Å². The molecular formula is C35H44N2O3. The summed E-state index contributed by atoms with van der Waals surface area (Å²) < 4.78 is 2.34. The molecule has 3 aromatic rings. The summed E-state index contributed by atoms with van der Waals surface area (Å²) in [5.41, 5.74) is 8.67. The van der Waals surface area contributed by atoms with Crippen LogP contribution in [0.4, 0.5) is 0 Å². The van der Waals surface area contributed by atoms with Gasteiger partial charge in [-0.05, 0) is 92.4 Å². The van der Waals surface area contributed by atoms with Crippen LogP contribution in [0.3, 0.4) is 0 Å². The molecule has 1 N–H and O–H groups in total. The van der Waals surface area contributed by atoms with Crippen molar-refractivity contribution in [1.82, 2.24) is 9.47 Å². The highest BCUT2D eigenvalue weighted by molar-refractivity contribution is 6.11. The first-order valence-electron chi connectivity index (χ1n) is 15.4. The maximum atomic E-state index is 13.5. The maximum absolute atomic E-state index is 13.5. The molecule has 0 saturated heterocycles. The number of ketones is 1. The summed E-state index contributed by atoms with van der Waals surface area (Å²) in [5.74, 6) is -0.190. The summed E-state index contributed by atoms with van der Waals surface area (Å²) in [5, 5.41) is 10.7. The third kappa shape index (κ3) is 5.67. The molecule has 0 unspecified atom stereocenters. The van der Waals surface area contributed by atoms with Crippen LogP contribution in [-0.4, -0.2) is 46.0 Å². The van der Waals surface area contributed by atoms with E-state index in [1.54, 1.807) is 6.07 Å². The zero-order valence-corrected chi connectivity index (χ0v) is 24.5. The highest BCUT2D eigenvalue weighted by atomic mass is 16.4. The number of nitrogens with zero attached hydrogens (tertiary/aromatic N) is 2. The molecule has 1 aromatic heterocycles. The topological polar surface area (TPSA) is 62.5 Å². The van der Waals surface area contributed by atoms with Crippen LogP contribution in [0.15, 0.2) is 42.6 Å². The second-order valence-corrected chi connectivity index (χ2v) is 11.7. The molecule has 2 heterocycles. The molecule has 1 fully saturated rings. The van der Waals surface area contributed by atoms with Crippen LogP contribution in [-0.2, 0) is 6.54 Å². The Hall–Kier alpha value is -3.18. The van der Waals surface area contributed by atoms with Crippen molar-refractivity contribution >= 4 is 33.8 Å². The number of hydrogen-bond donors (Lipinski definition) is 1. The smallest absolute Gasteiger partial charge is 0.335 e. The number of carboxylic acids is 1. The number of aromatic nitrogens is 1. The molecule has 0 atom stereocenters. The minimum absolute atomic E-state index is 0.227. The highest BCUT2D eigenvalue weighted by Crippen LogP contribution is 2.45. The van der Waals surface area contributed by atoms with Crippen LogP contribution in [0.1, 0.15) is 109 Å². The van der Waals surface area contributed by atoms with Gasteiger partial charge in [-0.3, -0.25) is 4.79 Å².